The van der Waals surface area contributed by atoms with Gasteiger partial charge in [-0.3, -0.25) is 4.98 Å². The summed E-state index contributed by atoms with van der Waals surface area (Å²) in [5.41, 5.74) is 0.643. The van der Waals surface area contributed by atoms with E-state index in [9.17, 15) is 8.42 Å². The fourth-order valence-electron chi connectivity index (χ4n) is 3.21. The molecule has 2 aliphatic heterocycles. The van der Waals surface area contributed by atoms with E-state index in [1.54, 1.807) is 6.20 Å². The summed E-state index contributed by atoms with van der Waals surface area (Å²) in [5.74, 6) is 0.370. The van der Waals surface area contributed by atoms with Crippen molar-refractivity contribution in [1.82, 2.24) is 9.29 Å². The molecule has 2 aliphatic rings. The van der Waals surface area contributed by atoms with Crippen LogP contribution in [-0.4, -0.2) is 55.9 Å². The Morgan fingerprint density at radius 3 is 2.95 bits per heavy atom. The van der Waals surface area contributed by atoms with E-state index in [2.05, 4.69) is 4.98 Å². The van der Waals surface area contributed by atoms with Gasteiger partial charge in [-0.2, -0.15) is 4.31 Å². The molecule has 3 heterocycles. The van der Waals surface area contributed by atoms with Gasteiger partial charge in [0.05, 0.1) is 24.2 Å². The quantitative estimate of drug-likeness (QED) is 0.731. The molecule has 1 atom stereocenters. The van der Waals surface area contributed by atoms with Crippen LogP contribution in [0.15, 0.2) is 24.4 Å². The number of hydrogen-bond donors (Lipinski definition) is 0. The van der Waals surface area contributed by atoms with E-state index >= 15 is 0 Å². The van der Waals surface area contributed by atoms with Crippen LogP contribution in [0.5, 0.6) is 0 Å². The maximum atomic E-state index is 11.5. The number of aromatic nitrogens is 1. The monoisotopic (exact) mass is 326 g/mol. The van der Waals surface area contributed by atoms with Crippen molar-refractivity contribution in [3.63, 3.8) is 0 Å². The van der Waals surface area contributed by atoms with Crippen molar-refractivity contribution in [2.75, 3.05) is 32.6 Å². The van der Waals surface area contributed by atoms with Crippen molar-refractivity contribution in [2.24, 2.45) is 5.92 Å². The zero-order valence-corrected chi connectivity index (χ0v) is 13.6. The molecular weight excluding hydrogens is 304 g/mol. The van der Waals surface area contributed by atoms with Crippen LogP contribution in [0.25, 0.3) is 0 Å². The first kappa shape index (κ1) is 15.9. The second kappa shape index (κ2) is 6.23. The average molecular weight is 326 g/mol. The van der Waals surface area contributed by atoms with E-state index in [1.807, 2.05) is 18.2 Å². The van der Waals surface area contributed by atoms with E-state index in [1.165, 1.54) is 10.6 Å². The number of hydrogen-bond acceptors (Lipinski definition) is 5. The van der Waals surface area contributed by atoms with Crippen molar-refractivity contribution in [3.8, 4) is 0 Å². The fourth-order valence-corrected chi connectivity index (χ4v) is 4.12. The summed E-state index contributed by atoms with van der Waals surface area (Å²) in [5, 5.41) is 0. The normalized spacial score (nSPS) is 24.5. The Balaban J connectivity index is 1.45. The summed E-state index contributed by atoms with van der Waals surface area (Å²) < 4.78 is 36.1. The average Bonchev–Trinajstić information content (AvgIpc) is 2.86. The van der Waals surface area contributed by atoms with Gasteiger partial charge in [0.15, 0.2) is 0 Å². The highest BCUT2D eigenvalue weighted by atomic mass is 32.2. The van der Waals surface area contributed by atoms with Gasteiger partial charge >= 0.3 is 0 Å². The molecular formula is C15H22N2O4S. The van der Waals surface area contributed by atoms with E-state index in [4.69, 9.17) is 9.47 Å². The van der Waals surface area contributed by atoms with Gasteiger partial charge in [0.25, 0.3) is 0 Å². The molecule has 1 aromatic heterocycles. The molecule has 3 rings (SSSR count). The third-order valence-corrected chi connectivity index (χ3v) is 5.74. The predicted octanol–water partition coefficient (Wildman–Crippen LogP) is 1.04. The number of ether oxygens (including phenoxy) is 2. The maximum absolute atomic E-state index is 11.5. The van der Waals surface area contributed by atoms with Gasteiger partial charge in [0.1, 0.15) is 0 Å². The largest absolute Gasteiger partial charge is 0.375 e. The summed E-state index contributed by atoms with van der Waals surface area (Å²) in [6.45, 7) is 2.83. The van der Waals surface area contributed by atoms with Crippen LogP contribution < -0.4 is 0 Å². The van der Waals surface area contributed by atoms with Crippen LogP contribution in [0, 0.1) is 5.92 Å². The first-order valence-corrected chi connectivity index (χ1v) is 9.41. The molecule has 1 aromatic rings. The van der Waals surface area contributed by atoms with Gasteiger partial charge in [0, 0.05) is 32.5 Å². The summed E-state index contributed by atoms with van der Waals surface area (Å²) in [4.78, 5) is 4.22. The minimum absolute atomic E-state index is 0.280. The smallest absolute Gasteiger partial charge is 0.211 e. The predicted molar refractivity (Wildman–Crippen MR) is 81.7 cm³/mol. The highest BCUT2D eigenvalue weighted by Crippen LogP contribution is 2.42. The standard InChI is InChI=1S/C15H22N2O4S/c1-22(18,19)17-11-15(12-17)13(6-9-21-15)5-8-20-10-14-4-2-3-7-16-14/h2-4,7,13H,5-6,8-12H2,1H3. The molecule has 122 valence electrons. The third kappa shape index (κ3) is 3.32. The van der Waals surface area contributed by atoms with Gasteiger partial charge in [-0.1, -0.05) is 6.07 Å². The van der Waals surface area contributed by atoms with E-state index < -0.39 is 10.0 Å². The highest BCUT2D eigenvalue weighted by molar-refractivity contribution is 7.88. The SMILES string of the molecule is CS(=O)(=O)N1CC2(C1)OCCC2CCOCc1ccccn1. The Morgan fingerprint density at radius 2 is 2.27 bits per heavy atom. The molecule has 0 amide bonds. The molecule has 0 aliphatic carbocycles. The van der Waals surface area contributed by atoms with Crippen LogP contribution in [0.4, 0.5) is 0 Å². The van der Waals surface area contributed by atoms with Crippen molar-refractivity contribution in [2.45, 2.75) is 25.0 Å². The Morgan fingerprint density at radius 1 is 1.45 bits per heavy atom. The Hall–Kier alpha value is -1.02. The lowest BCUT2D eigenvalue weighted by atomic mass is 9.80. The van der Waals surface area contributed by atoms with Gasteiger partial charge < -0.3 is 9.47 Å². The summed E-state index contributed by atoms with van der Waals surface area (Å²) >= 11 is 0. The first-order chi connectivity index (χ1) is 10.5. The Labute approximate surface area is 131 Å². The number of nitrogens with zero attached hydrogens (tertiary/aromatic N) is 2. The van der Waals surface area contributed by atoms with E-state index in [0.29, 0.717) is 38.8 Å². The van der Waals surface area contributed by atoms with E-state index in [-0.39, 0.29) is 5.60 Å². The Bertz CT molecular complexity index is 599. The minimum Gasteiger partial charge on any atom is -0.375 e. The van der Waals surface area contributed by atoms with Crippen LogP contribution >= 0.6 is 0 Å². The lowest BCUT2D eigenvalue weighted by Crippen LogP contribution is -2.65. The van der Waals surface area contributed by atoms with Crippen molar-refractivity contribution < 1.29 is 17.9 Å². The molecule has 0 saturated carbocycles. The Kier molecular flexibility index (Phi) is 4.49. The molecule has 0 radical (unpaired) electrons. The van der Waals surface area contributed by atoms with Crippen molar-refractivity contribution in [3.05, 3.63) is 30.1 Å². The maximum Gasteiger partial charge on any atom is 0.211 e. The zero-order valence-electron chi connectivity index (χ0n) is 12.8. The highest BCUT2D eigenvalue weighted by Gasteiger charge is 2.55. The van der Waals surface area contributed by atoms with Crippen LogP contribution in [0.2, 0.25) is 0 Å². The molecule has 22 heavy (non-hydrogen) atoms. The zero-order chi connectivity index (χ0) is 15.6. The fraction of sp³-hybridized carbons (Fsp3) is 0.667. The van der Waals surface area contributed by atoms with Crippen molar-refractivity contribution in [1.29, 1.82) is 0 Å². The summed E-state index contributed by atoms with van der Waals surface area (Å²) in [7, 11) is -3.10. The van der Waals surface area contributed by atoms with Gasteiger partial charge in [-0.15, -0.1) is 0 Å². The molecule has 1 spiro atoms. The molecule has 6 nitrogen and oxygen atoms in total. The minimum atomic E-state index is -3.10. The second-order valence-electron chi connectivity index (χ2n) is 6.09. The van der Waals surface area contributed by atoms with Crippen LogP contribution in [0.1, 0.15) is 18.5 Å². The molecule has 0 N–H and O–H groups in total. The second-order valence-corrected chi connectivity index (χ2v) is 8.07. The van der Waals surface area contributed by atoms with E-state index in [0.717, 1.165) is 18.5 Å². The summed E-state index contributed by atoms with van der Waals surface area (Å²) in [6.07, 6.45) is 4.88. The van der Waals surface area contributed by atoms with Gasteiger partial charge in [-0.05, 0) is 30.9 Å². The topological polar surface area (TPSA) is 68.7 Å². The van der Waals surface area contributed by atoms with Gasteiger partial charge in [0.2, 0.25) is 10.0 Å². The molecule has 2 fully saturated rings. The molecule has 1 unspecified atom stereocenters. The molecule has 0 bridgehead atoms. The molecule has 0 aromatic carbocycles. The molecule has 7 heteroatoms. The number of pyridine rings is 1. The lowest BCUT2D eigenvalue weighted by molar-refractivity contribution is -0.105. The number of rotatable bonds is 6. The number of sulfonamides is 1. The first-order valence-electron chi connectivity index (χ1n) is 7.56. The third-order valence-electron chi connectivity index (χ3n) is 4.54. The van der Waals surface area contributed by atoms with Crippen molar-refractivity contribution >= 4 is 10.0 Å². The van der Waals surface area contributed by atoms with Gasteiger partial charge in [-0.25, -0.2) is 8.42 Å². The summed E-state index contributed by atoms with van der Waals surface area (Å²) in [6, 6.07) is 5.77. The van der Waals surface area contributed by atoms with Crippen LogP contribution in [-0.2, 0) is 26.1 Å². The lowest BCUT2D eigenvalue weighted by Gasteiger charge is -2.48. The molecule has 2 saturated heterocycles. The van der Waals surface area contributed by atoms with Crippen LogP contribution in [0.3, 0.4) is 0 Å².